The molecular weight excluding hydrogens is 271 g/mol. The third kappa shape index (κ3) is 3.32. The monoisotopic (exact) mass is 278 g/mol. The normalized spacial score (nSPS) is 10.9. The minimum atomic E-state index is -2.15. The van der Waals surface area contributed by atoms with Crippen molar-refractivity contribution in [2.75, 3.05) is 0 Å². The summed E-state index contributed by atoms with van der Waals surface area (Å²) < 4.78 is 5.65. The molecule has 0 aliphatic carbocycles. The van der Waals surface area contributed by atoms with Gasteiger partial charge in [-0.2, -0.15) is 0 Å². The van der Waals surface area contributed by atoms with Gasteiger partial charge in [-0.1, -0.05) is 40.3 Å². The molecule has 0 atom stereocenters. The number of hydrogen-bond donors (Lipinski definition) is 0. The van der Waals surface area contributed by atoms with Crippen LogP contribution in [0.3, 0.4) is 0 Å². The molecule has 0 aromatic heterocycles. The van der Waals surface area contributed by atoms with Crippen molar-refractivity contribution in [1.82, 2.24) is 0 Å². The minimum Gasteiger partial charge on any atom is -0.531 e. The molecule has 0 aliphatic heterocycles. The van der Waals surface area contributed by atoms with Crippen molar-refractivity contribution in [2.24, 2.45) is 0 Å². The molecule has 1 nitrogen and oxygen atoms in total. The van der Waals surface area contributed by atoms with Crippen LogP contribution in [0.2, 0.25) is 28.2 Å². The molecule has 0 N–H and O–H groups in total. The highest BCUT2D eigenvalue weighted by Crippen LogP contribution is 2.34. The van der Waals surface area contributed by atoms with Crippen molar-refractivity contribution in [1.29, 1.82) is 0 Å². The van der Waals surface area contributed by atoms with E-state index in [1.54, 1.807) is 12.1 Å². The maximum atomic E-state index is 5.95. The first-order valence-electron chi connectivity index (χ1n) is 4.17. The van der Waals surface area contributed by atoms with Gasteiger partial charge in [0.15, 0.2) is 0 Å². The van der Waals surface area contributed by atoms with Crippen LogP contribution >= 0.6 is 34.8 Å². The summed E-state index contributed by atoms with van der Waals surface area (Å²) >= 11 is 17.6. The topological polar surface area (TPSA) is 9.23 Å². The van der Waals surface area contributed by atoms with Crippen LogP contribution in [0.5, 0.6) is 5.75 Å². The molecule has 5 heteroatoms. The van der Waals surface area contributed by atoms with Crippen LogP contribution in [0, 0.1) is 12.0 Å². The lowest BCUT2D eigenvalue weighted by Crippen LogP contribution is -2.32. The van der Waals surface area contributed by atoms with Gasteiger partial charge in [0.2, 0.25) is 0 Å². The van der Waals surface area contributed by atoms with Gasteiger partial charge in [0.1, 0.15) is 5.75 Å². The highest BCUT2D eigenvalue weighted by molar-refractivity contribution is 6.79. The van der Waals surface area contributed by atoms with E-state index in [9.17, 15) is 0 Å². The molecule has 0 amide bonds. The molecule has 0 unspecified atom stereocenters. The third-order valence-electron chi connectivity index (χ3n) is 1.69. The number of rotatable bonds is 2. The average Bonchev–Trinajstić information content (AvgIpc) is 2.14. The van der Waals surface area contributed by atoms with Crippen LogP contribution < -0.4 is 4.43 Å². The standard InChI is InChI=1S/C10H9Cl3OSi/c1-4-15(2,3)14-10-6-8(12)7(11)5-9(10)13/h1,5-6H,2-3H3. The van der Waals surface area contributed by atoms with E-state index >= 15 is 0 Å². The Balaban J connectivity index is 3.07. The Hall–Kier alpha value is -0.333. The zero-order valence-electron chi connectivity index (χ0n) is 8.27. The van der Waals surface area contributed by atoms with Gasteiger partial charge in [0, 0.05) is 6.07 Å². The largest absolute Gasteiger partial charge is 0.531 e. The van der Waals surface area contributed by atoms with E-state index in [-0.39, 0.29) is 0 Å². The van der Waals surface area contributed by atoms with Gasteiger partial charge < -0.3 is 4.43 Å². The first-order valence-corrected chi connectivity index (χ1v) is 8.21. The average molecular weight is 280 g/mol. The predicted octanol–water partition coefficient (Wildman–Crippen LogP) is 4.40. The Bertz CT molecular complexity index is 423. The first-order chi connectivity index (χ1) is 6.85. The molecule has 0 radical (unpaired) electrons. The van der Waals surface area contributed by atoms with Crippen LogP contribution in [0.25, 0.3) is 0 Å². The first kappa shape index (κ1) is 12.7. The molecule has 0 saturated heterocycles. The molecule has 1 rings (SSSR count). The predicted molar refractivity (Wildman–Crippen MR) is 68.4 cm³/mol. The molecule has 0 bridgehead atoms. The molecule has 0 saturated carbocycles. The highest BCUT2D eigenvalue weighted by Gasteiger charge is 2.22. The Labute approximate surface area is 105 Å². The molecule has 15 heavy (non-hydrogen) atoms. The van der Waals surface area contributed by atoms with Gasteiger partial charge in [-0.25, -0.2) is 0 Å². The van der Waals surface area contributed by atoms with Gasteiger partial charge in [0.05, 0.1) is 15.1 Å². The third-order valence-corrected chi connectivity index (χ3v) is 4.13. The Kier molecular flexibility index (Phi) is 3.97. The summed E-state index contributed by atoms with van der Waals surface area (Å²) in [5.74, 6) is 0.487. The van der Waals surface area contributed by atoms with Gasteiger partial charge in [0.25, 0.3) is 0 Å². The SMILES string of the molecule is C#C[Si](C)(C)Oc1cc(Cl)c(Cl)cc1Cl. The highest BCUT2D eigenvalue weighted by atomic mass is 35.5. The lowest BCUT2D eigenvalue weighted by atomic mass is 10.3. The summed E-state index contributed by atoms with van der Waals surface area (Å²) in [6, 6.07) is 3.13. The summed E-state index contributed by atoms with van der Waals surface area (Å²) in [6.07, 6.45) is 5.36. The van der Waals surface area contributed by atoms with Gasteiger partial charge in [-0.15, -0.1) is 6.42 Å². The van der Waals surface area contributed by atoms with E-state index < -0.39 is 8.32 Å². The van der Waals surface area contributed by atoms with Crippen molar-refractivity contribution in [3.8, 4) is 17.7 Å². The molecule has 80 valence electrons. The summed E-state index contributed by atoms with van der Waals surface area (Å²) in [6.45, 7) is 3.79. The molecule has 1 aromatic rings. The Morgan fingerprint density at radius 3 is 2.20 bits per heavy atom. The van der Waals surface area contributed by atoms with Crippen molar-refractivity contribution >= 4 is 43.1 Å². The van der Waals surface area contributed by atoms with Crippen LogP contribution in [0.4, 0.5) is 0 Å². The van der Waals surface area contributed by atoms with Crippen molar-refractivity contribution in [3.05, 3.63) is 27.2 Å². The molecule has 0 aliphatic rings. The Morgan fingerprint density at radius 1 is 1.13 bits per heavy atom. The second-order valence-corrected chi connectivity index (χ2v) is 8.19. The minimum absolute atomic E-state index is 0.397. The van der Waals surface area contributed by atoms with Crippen LogP contribution in [0.1, 0.15) is 0 Å². The maximum absolute atomic E-state index is 5.95. The maximum Gasteiger partial charge on any atom is 0.323 e. The Morgan fingerprint density at radius 2 is 1.67 bits per heavy atom. The lowest BCUT2D eigenvalue weighted by Gasteiger charge is -2.19. The number of hydrogen-bond acceptors (Lipinski definition) is 1. The van der Waals surface area contributed by atoms with Crippen molar-refractivity contribution < 1.29 is 4.43 Å². The smallest absolute Gasteiger partial charge is 0.323 e. The molecule has 1 aromatic carbocycles. The second kappa shape index (κ2) is 4.67. The van der Waals surface area contributed by atoms with Gasteiger partial charge in [-0.05, 0) is 19.2 Å². The fraction of sp³-hybridized carbons (Fsp3) is 0.200. The molecule has 0 spiro atoms. The van der Waals surface area contributed by atoms with E-state index in [0.29, 0.717) is 20.8 Å². The molecular formula is C10H9Cl3OSi. The van der Waals surface area contributed by atoms with Gasteiger partial charge >= 0.3 is 8.32 Å². The second-order valence-electron chi connectivity index (χ2n) is 3.45. The number of halogens is 3. The summed E-state index contributed by atoms with van der Waals surface area (Å²) in [4.78, 5) is 0. The zero-order chi connectivity index (χ0) is 11.6. The van der Waals surface area contributed by atoms with Crippen LogP contribution in [-0.4, -0.2) is 8.32 Å². The van der Waals surface area contributed by atoms with E-state index in [0.717, 1.165) is 0 Å². The fourth-order valence-electron chi connectivity index (χ4n) is 0.887. The fourth-order valence-corrected chi connectivity index (χ4v) is 2.30. The summed E-state index contributed by atoms with van der Waals surface area (Å²) in [5, 5.41) is 1.22. The number of terminal acetylenes is 1. The van der Waals surface area contributed by atoms with Gasteiger partial charge in [-0.3, -0.25) is 0 Å². The van der Waals surface area contributed by atoms with E-state index in [1.807, 2.05) is 13.1 Å². The van der Waals surface area contributed by atoms with E-state index in [4.69, 9.17) is 45.7 Å². The number of benzene rings is 1. The lowest BCUT2D eigenvalue weighted by molar-refractivity contribution is 0.566. The zero-order valence-corrected chi connectivity index (χ0v) is 11.5. The van der Waals surface area contributed by atoms with Crippen molar-refractivity contribution in [2.45, 2.75) is 13.1 Å². The summed E-state index contributed by atoms with van der Waals surface area (Å²) in [7, 11) is -2.15. The van der Waals surface area contributed by atoms with E-state index in [1.165, 1.54) is 0 Å². The molecule has 0 heterocycles. The molecule has 0 fully saturated rings. The van der Waals surface area contributed by atoms with Crippen LogP contribution in [-0.2, 0) is 0 Å². The van der Waals surface area contributed by atoms with E-state index in [2.05, 4.69) is 5.54 Å². The van der Waals surface area contributed by atoms with Crippen molar-refractivity contribution in [3.63, 3.8) is 0 Å². The quantitative estimate of drug-likeness (QED) is 0.443. The summed E-state index contributed by atoms with van der Waals surface area (Å²) in [5.41, 5.74) is 2.63. The van der Waals surface area contributed by atoms with Crippen LogP contribution in [0.15, 0.2) is 12.1 Å².